The van der Waals surface area contributed by atoms with Crippen molar-refractivity contribution in [3.63, 3.8) is 0 Å². The number of nitrogens with zero attached hydrogens (tertiary/aromatic N) is 3. The first kappa shape index (κ1) is 24.8. The van der Waals surface area contributed by atoms with Crippen LogP contribution in [-0.4, -0.2) is 39.7 Å². The van der Waals surface area contributed by atoms with Gasteiger partial charge in [0, 0.05) is 5.69 Å². The molecule has 5 rings (SSSR count). The van der Waals surface area contributed by atoms with E-state index in [-0.39, 0.29) is 15.9 Å². The van der Waals surface area contributed by atoms with Crippen LogP contribution in [0.4, 0.5) is 10.8 Å². The predicted molar refractivity (Wildman–Crippen MR) is 140 cm³/mol. The number of imidazole rings is 1. The Kier molecular flexibility index (Phi) is 6.86. The predicted octanol–water partition coefficient (Wildman–Crippen LogP) is 5.01. The zero-order valence-electron chi connectivity index (χ0n) is 19.5. The minimum Gasteiger partial charge on any atom is -0.463 e. The van der Waals surface area contributed by atoms with Gasteiger partial charge in [-0.1, -0.05) is 23.1 Å². The maximum absolute atomic E-state index is 12.8. The van der Waals surface area contributed by atoms with Crippen molar-refractivity contribution in [3.8, 4) is 22.9 Å². The van der Waals surface area contributed by atoms with Gasteiger partial charge in [-0.05, 0) is 62.4 Å². The van der Waals surface area contributed by atoms with Gasteiger partial charge in [-0.25, -0.2) is 13.4 Å². The Morgan fingerprint density at radius 3 is 2.38 bits per heavy atom. The summed E-state index contributed by atoms with van der Waals surface area (Å²) < 4.78 is 38.5. The molecule has 4 heterocycles. The van der Waals surface area contributed by atoms with Crippen LogP contribution in [0.15, 0.2) is 79.9 Å². The van der Waals surface area contributed by atoms with Crippen molar-refractivity contribution >= 4 is 49.8 Å². The van der Waals surface area contributed by atoms with Crippen LogP contribution in [0.2, 0.25) is 0 Å². The summed E-state index contributed by atoms with van der Waals surface area (Å²) in [5, 5.41) is 11.2. The third kappa shape index (κ3) is 5.60. The molecule has 14 heteroatoms. The number of thioether (sulfide) groups is 1. The lowest BCUT2D eigenvalue weighted by Gasteiger charge is -2.11. The molecule has 0 fully saturated rings. The van der Waals surface area contributed by atoms with Crippen LogP contribution >= 0.6 is 23.1 Å². The Labute approximate surface area is 219 Å². The highest BCUT2D eigenvalue weighted by molar-refractivity contribution is 8.00. The third-order valence-corrected chi connectivity index (χ3v) is 8.26. The van der Waals surface area contributed by atoms with Crippen molar-refractivity contribution in [1.82, 2.24) is 20.2 Å². The second kappa shape index (κ2) is 10.2. The molecule has 11 nitrogen and oxygen atoms in total. The van der Waals surface area contributed by atoms with Crippen LogP contribution in [0.5, 0.6) is 0 Å². The summed E-state index contributed by atoms with van der Waals surface area (Å²) in [6.07, 6.45) is 3.12. The number of aromatic nitrogens is 4. The first-order valence-electron chi connectivity index (χ1n) is 10.9. The van der Waals surface area contributed by atoms with Gasteiger partial charge in [-0.2, -0.15) is 0 Å². The number of H-pyrrole nitrogens is 1. The van der Waals surface area contributed by atoms with E-state index in [4.69, 9.17) is 8.83 Å². The van der Waals surface area contributed by atoms with Crippen LogP contribution in [-0.2, 0) is 14.8 Å². The van der Waals surface area contributed by atoms with E-state index >= 15 is 0 Å². The molecule has 0 aliphatic carbocycles. The molecule has 0 spiro atoms. The highest BCUT2D eigenvalue weighted by atomic mass is 32.2. The van der Waals surface area contributed by atoms with Crippen molar-refractivity contribution in [1.29, 1.82) is 0 Å². The molecule has 0 aliphatic heterocycles. The average molecular weight is 557 g/mol. The lowest BCUT2D eigenvalue weighted by molar-refractivity contribution is -0.115. The van der Waals surface area contributed by atoms with E-state index in [1.165, 1.54) is 36.0 Å². The van der Waals surface area contributed by atoms with E-state index in [1.54, 1.807) is 50.6 Å². The molecule has 0 saturated heterocycles. The Morgan fingerprint density at radius 2 is 1.76 bits per heavy atom. The number of nitrogens with one attached hydrogen (secondary N) is 3. The first-order chi connectivity index (χ1) is 17.8. The highest BCUT2D eigenvalue weighted by Gasteiger charge is 2.22. The van der Waals surface area contributed by atoms with Crippen LogP contribution in [0.25, 0.3) is 22.9 Å². The molecule has 190 valence electrons. The van der Waals surface area contributed by atoms with E-state index < -0.39 is 15.3 Å². The van der Waals surface area contributed by atoms with Crippen molar-refractivity contribution in [2.75, 3.05) is 10.0 Å². The molecular weight excluding hydrogens is 536 g/mol. The van der Waals surface area contributed by atoms with Gasteiger partial charge >= 0.3 is 0 Å². The molecule has 1 aromatic carbocycles. The maximum atomic E-state index is 12.8. The van der Waals surface area contributed by atoms with Gasteiger partial charge in [0.2, 0.25) is 11.0 Å². The number of carbonyl (C=O) groups excluding carboxylic acids is 1. The fourth-order valence-corrected chi connectivity index (χ4v) is 5.92. The molecule has 3 N–H and O–H groups in total. The monoisotopic (exact) mass is 556 g/mol. The molecule has 4 aromatic heterocycles. The smallest absolute Gasteiger partial charge is 0.263 e. The fraction of sp³-hybridized carbons (Fsp3) is 0.130. The van der Waals surface area contributed by atoms with Gasteiger partial charge in [-0.15, -0.1) is 10.2 Å². The number of sulfonamides is 1. The summed E-state index contributed by atoms with van der Waals surface area (Å²) in [4.78, 5) is 20.7. The fourth-order valence-electron chi connectivity index (χ4n) is 3.29. The Bertz CT molecular complexity index is 1560. The number of carbonyl (C=O) groups is 1. The number of aryl methyl sites for hydroxylation is 1. The van der Waals surface area contributed by atoms with Crippen LogP contribution in [0.1, 0.15) is 11.9 Å². The summed E-state index contributed by atoms with van der Waals surface area (Å²) in [7, 11) is -3.83. The quantitative estimate of drug-likeness (QED) is 0.212. The minimum absolute atomic E-state index is 0.0345. The summed E-state index contributed by atoms with van der Waals surface area (Å²) in [5.41, 5.74) is 1.67. The summed E-state index contributed by atoms with van der Waals surface area (Å²) in [6.45, 7) is 3.47. The van der Waals surface area contributed by atoms with E-state index in [0.29, 0.717) is 38.8 Å². The number of hydrogen-bond donors (Lipinski definition) is 3. The second-order valence-electron chi connectivity index (χ2n) is 7.73. The molecule has 37 heavy (non-hydrogen) atoms. The maximum Gasteiger partial charge on any atom is 0.263 e. The van der Waals surface area contributed by atoms with Crippen LogP contribution in [0.3, 0.4) is 0 Å². The average Bonchev–Trinajstić information content (AvgIpc) is 3.67. The minimum atomic E-state index is -3.83. The lowest BCUT2D eigenvalue weighted by atomic mass is 10.2. The zero-order valence-corrected chi connectivity index (χ0v) is 21.9. The van der Waals surface area contributed by atoms with Gasteiger partial charge in [0.25, 0.3) is 10.0 Å². The van der Waals surface area contributed by atoms with Gasteiger partial charge in [0.05, 0.1) is 22.7 Å². The van der Waals surface area contributed by atoms with E-state index in [2.05, 4.69) is 30.2 Å². The molecule has 1 amide bonds. The van der Waals surface area contributed by atoms with E-state index in [0.717, 1.165) is 11.3 Å². The summed E-state index contributed by atoms with van der Waals surface area (Å²) in [6, 6.07) is 13.0. The van der Waals surface area contributed by atoms with Crippen LogP contribution in [0, 0.1) is 6.92 Å². The van der Waals surface area contributed by atoms with Crippen LogP contribution < -0.4 is 10.0 Å². The van der Waals surface area contributed by atoms with Crippen molar-refractivity contribution in [2.45, 2.75) is 29.1 Å². The van der Waals surface area contributed by atoms with Crippen molar-refractivity contribution in [2.24, 2.45) is 0 Å². The Hall–Kier alpha value is -3.88. The lowest BCUT2D eigenvalue weighted by Crippen LogP contribution is -2.22. The number of rotatable bonds is 9. The number of benzene rings is 1. The Balaban J connectivity index is 1.26. The highest BCUT2D eigenvalue weighted by Crippen LogP contribution is 2.34. The summed E-state index contributed by atoms with van der Waals surface area (Å²) >= 11 is 2.37. The molecule has 1 atom stereocenters. The standard InChI is InChI=1S/C23H20N6O5S3/c1-13(35-22-25-19(17-5-3-11-33-17)20(26-22)18-6-4-12-34-18)21(30)24-15-7-9-16(10-8-15)37(31,32)29-23-28-27-14(2)36-23/h3-13H,1-2H3,(H,24,30)(H,25,26)(H,28,29). The summed E-state index contributed by atoms with van der Waals surface area (Å²) in [5.74, 6) is 0.879. The molecular formula is C23H20N6O5S3. The van der Waals surface area contributed by atoms with Gasteiger partial charge < -0.3 is 19.1 Å². The second-order valence-corrected chi connectivity index (χ2v) is 11.9. The Morgan fingerprint density at radius 1 is 1.05 bits per heavy atom. The number of furan rings is 2. The molecule has 0 saturated carbocycles. The zero-order chi connectivity index (χ0) is 26.0. The van der Waals surface area contributed by atoms with Gasteiger partial charge in [0.15, 0.2) is 16.7 Å². The van der Waals surface area contributed by atoms with E-state index in [1.807, 2.05) is 0 Å². The third-order valence-electron chi connectivity index (χ3n) is 5.04. The molecule has 0 bridgehead atoms. The van der Waals surface area contributed by atoms with Gasteiger partial charge in [0.1, 0.15) is 16.4 Å². The van der Waals surface area contributed by atoms with E-state index in [9.17, 15) is 13.2 Å². The molecule has 5 aromatic rings. The SMILES string of the molecule is Cc1nnc(NS(=O)(=O)c2ccc(NC(=O)C(C)Sc3nc(-c4ccco4)c(-c4ccco4)[nH]3)cc2)s1. The largest absolute Gasteiger partial charge is 0.463 e. The number of aromatic amines is 1. The molecule has 0 aliphatic rings. The van der Waals surface area contributed by atoms with Gasteiger partial charge in [-0.3, -0.25) is 9.52 Å². The first-order valence-corrected chi connectivity index (χ1v) is 14.0. The van der Waals surface area contributed by atoms with Crippen molar-refractivity contribution < 1.29 is 22.0 Å². The topological polar surface area (TPSA) is 156 Å². The normalized spacial score (nSPS) is 12.4. The van der Waals surface area contributed by atoms with Crippen molar-refractivity contribution in [3.05, 3.63) is 66.1 Å². The number of anilines is 2. The number of hydrogen-bond acceptors (Lipinski definition) is 10. The number of amides is 1. The molecule has 1 unspecified atom stereocenters. The molecule has 0 radical (unpaired) electrons.